The van der Waals surface area contributed by atoms with Crippen molar-refractivity contribution in [1.82, 2.24) is 4.98 Å². The standard InChI is InChI=1S/C14H13BrN2O2/c1-19-9-10-4-2-3-5-12(10)17-14(18)13-7-6-11(15)8-16-13/h2-8H,9H2,1H3,(H,17,18). The second-order valence-electron chi connectivity index (χ2n) is 3.91. The lowest BCUT2D eigenvalue weighted by molar-refractivity contribution is 0.102. The minimum atomic E-state index is -0.240. The van der Waals surface area contributed by atoms with E-state index in [-0.39, 0.29) is 5.91 Å². The number of carbonyl (C=O) groups excluding carboxylic acids is 1. The topological polar surface area (TPSA) is 51.2 Å². The van der Waals surface area contributed by atoms with E-state index in [4.69, 9.17) is 4.74 Å². The van der Waals surface area contributed by atoms with Gasteiger partial charge >= 0.3 is 0 Å². The average molecular weight is 321 g/mol. The van der Waals surface area contributed by atoms with Crippen LogP contribution in [0.25, 0.3) is 0 Å². The molecule has 0 aliphatic rings. The largest absolute Gasteiger partial charge is 0.380 e. The Bertz CT molecular complexity index is 570. The second-order valence-corrected chi connectivity index (χ2v) is 4.82. The van der Waals surface area contributed by atoms with Gasteiger partial charge in [0.25, 0.3) is 5.91 Å². The van der Waals surface area contributed by atoms with Gasteiger partial charge in [-0.05, 0) is 34.1 Å². The van der Waals surface area contributed by atoms with Crippen LogP contribution in [0.5, 0.6) is 0 Å². The molecule has 19 heavy (non-hydrogen) atoms. The summed E-state index contributed by atoms with van der Waals surface area (Å²) in [4.78, 5) is 16.1. The number of methoxy groups -OCH3 is 1. The molecule has 0 saturated carbocycles. The predicted octanol–water partition coefficient (Wildman–Crippen LogP) is 3.24. The maximum Gasteiger partial charge on any atom is 0.274 e. The number of benzene rings is 1. The predicted molar refractivity (Wildman–Crippen MR) is 77.0 cm³/mol. The summed E-state index contributed by atoms with van der Waals surface area (Å²) >= 11 is 3.28. The van der Waals surface area contributed by atoms with Crippen molar-refractivity contribution in [2.24, 2.45) is 0 Å². The Morgan fingerprint density at radius 1 is 1.32 bits per heavy atom. The van der Waals surface area contributed by atoms with Gasteiger partial charge < -0.3 is 10.1 Å². The van der Waals surface area contributed by atoms with Crippen LogP contribution in [0.2, 0.25) is 0 Å². The molecule has 0 unspecified atom stereocenters. The van der Waals surface area contributed by atoms with Gasteiger partial charge in [-0.2, -0.15) is 0 Å². The van der Waals surface area contributed by atoms with Crippen molar-refractivity contribution in [2.75, 3.05) is 12.4 Å². The van der Waals surface area contributed by atoms with E-state index in [1.54, 1.807) is 25.4 Å². The molecule has 1 amide bonds. The molecule has 2 rings (SSSR count). The molecule has 0 saturated heterocycles. The maximum atomic E-state index is 12.1. The van der Waals surface area contributed by atoms with Crippen molar-refractivity contribution in [2.45, 2.75) is 6.61 Å². The van der Waals surface area contributed by atoms with Gasteiger partial charge in [-0.25, -0.2) is 4.98 Å². The van der Waals surface area contributed by atoms with Gasteiger partial charge in [-0.1, -0.05) is 18.2 Å². The summed E-state index contributed by atoms with van der Waals surface area (Å²) in [6.07, 6.45) is 1.59. The first-order chi connectivity index (χ1) is 9.20. The van der Waals surface area contributed by atoms with Crippen LogP contribution in [0.1, 0.15) is 16.1 Å². The second kappa shape index (κ2) is 6.45. The molecule has 1 aromatic carbocycles. The van der Waals surface area contributed by atoms with Crippen LogP contribution in [0.15, 0.2) is 47.1 Å². The molecule has 4 nitrogen and oxygen atoms in total. The van der Waals surface area contributed by atoms with Crippen LogP contribution in [0.4, 0.5) is 5.69 Å². The first-order valence-electron chi connectivity index (χ1n) is 5.70. The zero-order valence-electron chi connectivity index (χ0n) is 10.4. The number of amides is 1. The van der Waals surface area contributed by atoms with Crippen molar-refractivity contribution >= 4 is 27.5 Å². The fourth-order valence-corrected chi connectivity index (χ4v) is 1.85. The summed E-state index contributed by atoms with van der Waals surface area (Å²) in [7, 11) is 1.62. The number of halogens is 1. The molecule has 1 N–H and O–H groups in total. The van der Waals surface area contributed by atoms with Gasteiger partial charge in [0, 0.05) is 29.0 Å². The molecule has 0 spiro atoms. The third-order valence-electron chi connectivity index (χ3n) is 2.53. The third-order valence-corrected chi connectivity index (χ3v) is 2.99. The Morgan fingerprint density at radius 3 is 2.79 bits per heavy atom. The van der Waals surface area contributed by atoms with E-state index in [9.17, 15) is 4.79 Å². The number of anilines is 1. The summed E-state index contributed by atoms with van der Waals surface area (Å²) in [5, 5.41) is 2.83. The highest BCUT2D eigenvalue weighted by molar-refractivity contribution is 9.10. The highest BCUT2D eigenvalue weighted by Crippen LogP contribution is 2.17. The van der Waals surface area contributed by atoms with E-state index in [1.165, 1.54) is 0 Å². The maximum absolute atomic E-state index is 12.1. The number of pyridine rings is 1. The Balaban J connectivity index is 2.16. The van der Waals surface area contributed by atoms with Gasteiger partial charge in [0.15, 0.2) is 0 Å². The molecule has 0 aliphatic carbocycles. The molecule has 0 bridgehead atoms. The lowest BCUT2D eigenvalue weighted by atomic mass is 10.2. The van der Waals surface area contributed by atoms with Gasteiger partial charge in [0.2, 0.25) is 0 Å². The molecule has 1 heterocycles. The molecule has 0 aliphatic heterocycles. The molecular weight excluding hydrogens is 308 g/mol. The number of ether oxygens (including phenoxy) is 1. The van der Waals surface area contributed by atoms with E-state index in [2.05, 4.69) is 26.2 Å². The molecule has 1 aromatic heterocycles. The highest BCUT2D eigenvalue weighted by Gasteiger charge is 2.09. The van der Waals surface area contributed by atoms with E-state index >= 15 is 0 Å². The molecule has 0 atom stereocenters. The van der Waals surface area contributed by atoms with Crippen LogP contribution in [-0.2, 0) is 11.3 Å². The normalized spacial score (nSPS) is 10.2. The van der Waals surface area contributed by atoms with Crippen molar-refractivity contribution < 1.29 is 9.53 Å². The summed E-state index contributed by atoms with van der Waals surface area (Å²) < 4.78 is 5.94. The molecule has 0 fully saturated rings. The lowest BCUT2D eigenvalue weighted by Crippen LogP contribution is -2.14. The minimum absolute atomic E-state index is 0.240. The third kappa shape index (κ3) is 3.62. The summed E-state index contributed by atoms with van der Waals surface area (Å²) in [6, 6.07) is 11.0. The Morgan fingerprint density at radius 2 is 2.11 bits per heavy atom. The van der Waals surface area contributed by atoms with Gasteiger partial charge in [-0.15, -0.1) is 0 Å². The van der Waals surface area contributed by atoms with Crippen LogP contribution in [-0.4, -0.2) is 18.0 Å². The number of nitrogens with one attached hydrogen (secondary N) is 1. The summed E-state index contributed by atoms with van der Waals surface area (Å²) in [5.41, 5.74) is 2.03. The zero-order valence-corrected chi connectivity index (χ0v) is 12.0. The number of hydrogen-bond donors (Lipinski definition) is 1. The zero-order chi connectivity index (χ0) is 13.7. The Labute approximate surface area is 119 Å². The Kier molecular flexibility index (Phi) is 4.65. The molecular formula is C14H13BrN2O2. The highest BCUT2D eigenvalue weighted by atomic mass is 79.9. The molecule has 98 valence electrons. The number of nitrogens with zero attached hydrogens (tertiary/aromatic N) is 1. The average Bonchev–Trinajstić information content (AvgIpc) is 2.42. The van der Waals surface area contributed by atoms with E-state index < -0.39 is 0 Å². The quantitative estimate of drug-likeness (QED) is 0.940. The van der Waals surface area contributed by atoms with Crippen molar-refractivity contribution in [3.05, 3.63) is 58.3 Å². The molecule has 0 radical (unpaired) electrons. The smallest absolute Gasteiger partial charge is 0.274 e. The first-order valence-corrected chi connectivity index (χ1v) is 6.50. The van der Waals surface area contributed by atoms with Crippen molar-refractivity contribution in [1.29, 1.82) is 0 Å². The van der Waals surface area contributed by atoms with Crippen LogP contribution < -0.4 is 5.32 Å². The summed E-state index contributed by atoms with van der Waals surface area (Å²) in [5.74, 6) is -0.240. The number of rotatable bonds is 4. The fraction of sp³-hybridized carbons (Fsp3) is 0.143. The van der Waals surface area contributed by atoms with Crippen LogP contribution >= 0.6 is 15.9 Å². The number of para-hydroxylation sites is 1. The first kappa shape index (κ1) is 13.7. The Hall–Kier alpha value is -1.72. The fourth-order valence-electron chi connectivity index (χ4n) is 1.62. The van der Waals surface area contributed by atoms with Crippen molar-refractivity contribution in [3.8, 4) is 0 Å². The van der Waals surface area contributed by atoms with E-state index in [1.807, 2.05) is 24.3 Å². The molecule has 2 aromatic rings. The number of aromatic nitrogens is 1. The van der Waals surface area contributed by atoms with Gasteiger partial charge in [0.05, 0.1) is 6.61 Å². The van der Waals surface area contributed by atoms with Crippen LogP contribution in [0, 0.1) is 0 Å². The number of carbonyl (C=O) groups is 1. The van der Waals surface area contributed by atoms with Crippen LogP contribution in [0.3, 0.4) is 0 Å². The van der Waals surface area contributed by atoms with E-state index in [0.717, 1.165) is 15.7 Å². The van der Waals surface area contributed by atoms with Crippen molar-refractivity contribution in [3.63, 3.8) is 0 Å². The number of hydrogen-bond acceptors (Lipinski definition) is 3. The lowest BCUT2D eigenvalue weighted by Gasteiger charge is -2.10. The molecule has 5 heteroatoms. The van der Waals surface area contributed by atoms with Gasteiger partial charge in [-0.3, -0.25) is 4.79 Å². The monoisotopic (exact) mass is 320 g/mol. The summed E-state index contributed by atoms with van der Waals surface area (Å²) in [6.45, 7) is 0.449. The van der Waals surface area contributed by atoms with E-state index in [0.29, 0.717) is 12.3 Å². The van der Waals surface area contributed by atoms with Gasteiger partial charge in [0.1, 0.15) is 5.69 Å². The SMILES string of the molecule is COCc1ccccc1NC(=O)c1ccc(Br)cn1. The minimum Gasteiger partial charge on any atom is -0.380 e.